The number of amides is 1. The molecule has 6 heteroatoms. The number of aromatic amines is 2. The van der Waals surface area contributed by atoms with Crippen LogP contribution in [-0.4, -0.2) is 15.9 Å². The number of hydrogen-bond donors (Lipinski definition) is 3. The van der Waals surface area contributed by atoms with Crippen molar-refractivity contribution in [2.24, 2.45) is 0 Å². The molecule has 0 atom stereocenters. The first-order chi connectivity index (χ1) is 10.7. The smallest absolute Gasteiger partial charge is 0.406 e. The number of H-pyrrole nitrogens is 2. The van der Waals surface area contributed by atoms with Crippen molar-refractivity contribution in [3.05, 3.63) is 64.8 Å². The number of rotatable bonds is 2. The Balaban J connectivity index is 1.77. The molecular formula is C16H11N3O3. The summed E-state index contributed by atoms with van der Waals surface area (Å²) in [6, 6.07) is 12.5. The second-order valence-electron chi connectivity index (χ2n) is 4.90. The second-order valence-corrected chi connectivity index (χ2v) is 4.90. The zero-order chi connectivity index (χ0) is 15.1. The Morgan fingerprint density at radius 1 is 1.09 bits per heavy atom. The summed E-state index contributed by atoms with van der Waals surface area (Å²) in [4.78, 5) is 29.4. The van der Waals surface area contributed by atoms with Crippen molar-refractivity contribution in [1.82, 2.24) is 9.97 Å². The average Bonchev–Trinajstić information content (AvgIpc) is 3.12. The Hall–Kier alpha value is -3.28. The van der Waals surface area contributed by atoms with Crippen LogP contribution in [0, 0.1) is 0 Å². The summed E-state index contributed by atoms with van der Waals surface area (Å²) in [7, 11) is 0. The molecule has 1 amide bonds. The van der Waals surface area contributed by atoms with E-state index in [1.165, 1.54) is 0 Å². The molecule has 108 valence electrons. The molecule has 3 N–H and O–H groups in total. The molecule has 22 heavy (non-hydrogen) atoms. The Morgan fingerprint density at radius 2 is 1.95 bits per heavy atom. The van der Waals surface area contributed by atoms with E-state index in [2.05, 4.69) is 15.3 Å². The largest absolute Gasteiger partial charge is 0.417 e. The number of hydrogen-bond acceptors (Lipinski definition) is 3. The lowest BCUT2D eigenvalue weighted by Gasteiger charge is -2.06. The predicted molar refractivity (Wildman–Crippen MR) is 83.1 cm³/mol. The van der Waals surface area contributed by atoms with Gasteiger partial charge in [0.25, 0.3) is 5.91 Å². The molecule has 0 aliphatic heterocycles. The van der Waals surface area contributed by atoms with Crippen LogP contribution in [-0.2, 0) is 0 Å². The molecule has 0 radical (unpaired) electrons. The maximum absolute atomic E-state index is 12.5. The van der Waals surface area contributed by atoms with Crippen molar-refractivity contribution in [3.8, 4) is 0 Å². The molecule has 0 aliphatic carbocycles. The number of carbonyl (C=O) groups excluding carboxylic acids is 1. The monoisotopic (exact) mass is 293 g/mol. The van der Waals surface area contributed by atoms with Gasteiger partial charge in [0.15, 0.2) is 5.58 Å². The van der Waals surface area contributed by atoms with Crippen LogP contribution in [0.3, 0.4) is 0 Å². The maximum atomic E-state index is 12.5. The summed E-state index contributed by atoms with van der Waals surface area (Å²) < 4.78 is 5.07. The molecule has 4 aromatic rings. The number of carbonyl (C=O) groups is 1. The van der Waals surface area contributed by atoms with Gasteiger partial charge < -0.3 is 14.7 Å². The molecule has 0 saturated carbocycles. The zero-order valence-corrected chi connectivity index (χ0v) is 11.3. The molecule has 0 fully saturated rings. The van der Waals surface area contributed by atoms with Gasteiger partial charge in [-0.1, -0.05) is 18.2 Å². The zero-order valence-electron chi connectivity index (χ0n) is 11.3. The fraction of sp³-hybridized carbons (Fsp3) is 0. The summed E-state index contributed by atoms with van der Waals surface area (Å²) in [6.45, 7) is 0. The lowest BCUT2D eigenvalue weighted by atomic mass is 10.1. The molecule has 0 aliphatic rings. The molecule has 2 heterocycles. The Kier molecular flexibility index (Phi) is 2.62. The van der Waals surface area contributed by atoms with E-state index in [1.54, 1.807) is 30.5 Å². The van der Waals surface area contributed by atoms with Gasteiger partial charge in [-0.2, -0.15) is 0 Å². The third-order valence-electron chi connectivity index (χ3n) is 3.53. The van der Waals surface area contributed by atoms with Gasteiger partial charge in [-0.05, 0) is 24.3 Å². The molecule has 2 aromatic carbocycles. The Bertz CT molecular complexity index is 1060. The van der Waals surface area contributed by atoms with E-state index in [4.69, 9.17) is 4.42 Å². The molecule has 0 spiro atoms. The maximum Gasteiger partial charge on any atom is 0.417 e. The van der Waals surface area contributed by atoms with Crippen molar-refractivity contribution in [3.63, 3.8) is 0 Å². The summed E-state index contributed by atoms with van der Waals surface area (Å²) in [6.07, 6.45) is 1.79. The van der Waals surface area contributed by atoms with Crippen molar-refractivity contribution in [2.45, 2.75) is 0 Å². The standard InChI is InChI=1S/C16H11N3O3/c20-15(10-4-1-3-9-7-8-17-13(9)10)18-11-5-2-6-12-14(11)22-16(21)19-12/h1-8,17H,(H,18,20)(H,19,21). The highest BCUT2D eigenvalue weighted by Crippen LogP contribution is 2.23. The topological polar surface area (TPSA) is 90.9 Å². The number of benzene rings is 2. The Labute approximate surface area is 123 Å². The van der Waals surface area contributed by atoms with E-state index >= 15 is 0 Å². The van der Waals surface area contributed by atoms with Crippen LogP contribution in [0.25, 0.3) is 22.0 Å². The minimum atomic E-state index is -0.553. The van der Waals surface area contributed by atoms with E-state index in [0.717, 1.165) is 10.9 Å². The third-order valence-corrected chi connectivity index (χ3v) is 3.53. The molecule has 0 bridgehead atoms. The predicted octanol–water partition coefficient (Wildman–Crippen LogP) is 2.85. The van der Waals surface area contributed by atoms with Gasteiger partial charge in [-0.25, -0.2) is 4.79 Å². The number of anilines is 1. The lowest BCUT2D eigenvalue weighted by Crippen LogP contribution is -2.12. The fourth-order valence-electron chi connectivity index (χ4n) is 2.54. The first kappa shape index (κ1) is 12.5. The lowest BCUT2D eigenvalue weighted by molar-refractivity contribution is 0.102. The number of para-hydroxylation sites is 2. The van der Waals surface area contributed by atoms with Gasteiger partial charge >= 0.3 is 5.76 Å². The van der Waals surface area contributed by atoms with E-state index in [0.29, 0.717) is 22.4 Å². The van der Waals surface area contributed by atoms with E-state index in [-0.39, 0.29) is 5.91 Å². The van der Waals surface area contributed by atoms with Gasteiger partial charge in [0.05, 0.1) is 22.3 Å². The van der Waals surface area contributed by atoms with Crippen LogP contribution in [0.2, 0.25) is 0 Å². The first-order valence-corrected chi connectivity index (χ1v) is 6.72. The van der Waals surface area contributed by atoms with E-state index in [1.807, 2.05) is 18.2 Å². The second kappa shape index (κ2) is 4.63. The van der Waals surface area contributed by atoms with Crippen LogP contribution < -0.4 is 11.1 Å². The normalized spacial score (nSPS) is 11.1. The van der Waals surface area contributed by atoms with Crippen LogP contribution in [0.5, 0.6) is 0 Å². The summed E-state index contributed by atoms with van der Waals surface area (Å²) in [5, 5.41) is 3.74. The number of oxazole rings is 1. The summed E-state index contributed by atoms with van der Waals surface area (Å²) in [5.74, 6) is -0.826. The molecule has 0 unspecified atom stereocenters. The summed E-state index contributed by atoms with van der Waals surface area (Å²) >= 11 is 0. The van der Waals surface area contributed by atoms with Crippen molar-refractivity contribution in [2.75, 3.05) is 5.32 Å². The molecular weight excluding hydrogens is 282 g/mol. The van der Waals surface area contributed by atoms with Gasteiger partial charge in [0.1, 0.15) is 0 Å². The highest BCUT2D eigenvalue weighted by Gasteiger charge is 2.14. The van der Waals surface area contributed by atoms with Crippen molar-refractivity contribution >= 4 is 33.6 Å². The molecule has 4 rings (SSSR count). The number of fused-ring (bicyclic) bond motifs is 2. The average molecular weight is 293 g/mol. The summed E-state index contributed by atoms with van der Waals surface area (Å²) in [5.41, 5.74) is 2.62. The van der Waals surface area contributed by atoms with Gasteiger partial charge in [0, 0.05) is 11.6 Å². The molecule has 2 aromatic heterocycles. The van der Waals surface area contributed by atoms with Gasteiger partial charge in [0.2, 0.25) is 0 Å². The van der Waals surface area contributed by atoms with Crippen LogP contribution in [0.1, 0.15) is 10.4 Å². The molecule has 6 nitrogen and oxygen atoms in total. The van der Waals surface area contributed by atoms with Crippen LogP contribution in [0.15, 0.2) is 57.9 Å². The Morgan fingerprint density at radius 3 is 2.86 bits per heavy atom. The van der Waals surface area contributed by atoms with Crippen LogP contribution >= 0.6 is 0 Å². The number of aromatic nitrogens is 2. The SMILES string of the molecule is O=C(Nc1cccc2[nH]c(=O)oc12)c1cccc2cc[nH]c12. The quantitative estimate of drug-likeness (QED) is 0.530. The van der Waals surface area contributed by atoms with Crippen molar-refractivity contribution < 1.29 is 9.21 Å². The highest BCUT2D eigenvalue weighted by atomic mass is 16.4. The van der Waals surface area contributed by atoms with E-state index < -0.39 is 5.76 Å². The van der Waals surface area contributed by atoms with Crippen molar-refractivity contribution in [1.29, 1.82) is 0 Å². The van der Waals surface area contributed by atoms with Gasteiger partial charge in [-0.3, -0.25) is 9.78 Å². The third kappa shape index (κ3) is 1.89. The number of nitrogens with one attached hydrogen (secondary N) is 3. The minimum Gasteiger partial charge on any atom is -0.406 e. The fourth-order valence-corrected chi connectivity index (χ4v) is 2.54. The van der Waals surface area contributed by atoms with Gasteiger partial charge in [-0.15, -0.1) is 0 Å². The molecule has 0 saturated heterocycles. The highest BCUT2D eigenvalue weighted by molar-refractivity contribution is 6.13. The van der Waals surface area contributed by atoms with E-state index in [9.17, 15) is 9.59 Å². The first-order valence-electron chi connectivity index (χ1n) is 6.72. The minimum absolute atomic E-state index is 0.274. The van der Waals surface area contributed by atoms with Crippen LogP contribution in [0.4, 0.5) is 5.69 Å².